The van der Waals surface area contributed by atoms with E-state index < -0.39 is 30.7 Å². The summed E-state index contributed by atoms with van der Waals surface area (Å²) in [5, 5.41) is 0. The summed E-state index contributed by atoms with van der Waals surface area (Å²) in [5.74, 6) is 0. The Labute approximate surface area is 87.7 Å². The lowest BCUT2D eigenvalue weighted by atomic mass is 10.6. The van der Waals surface area contributed by atoms with Crippen molar-refractivity contribution in [2.75, 3.05) is 0 Å². The lowest BCUT2D eigenvalue weighted by Crippen LogP contribution is -2.53. The lowest BCUT2D eigenvalue weighted by molar-refractivity contribution is 0.290. The molecular formula is C8H9F2N3O3. The van der Waals surface area contributed by atoms with Crippen LogP contribution in [0.15, 0.2) is 27.0 Å². The lowest BCUT2D eigenvalue weighted by Gasteiger charge is -2.07. The maximum atomic E-state index is 12.4. The number of hydrogen-bond donors (Lipinski definition) is 0. The van der Waals surface area contributed by atoms with Crippen LogP contribution in [0, 0.1) is 0 Å². The zero-order valence-corrected chi connectivity index (χ0v) is 8.23. The van der Waals surface area contributed by atoms with Crippen molar-refractivity contribution in [1.29, 1.82) is 0 Å². The van der Waals surface area contributed by atoms with Crippen molar-refractivity contribution >= 4 is 0 Å². The maximum absolute atomic E-state index is 12.4. The van der Waals surface area contributed by atoms with Crippen molar-refractivity contribution in [3.8, 4) is 0 Å². The van der Waals surface area contributed by atoms with E-state index in [0.29, 0.717) is 4.57 Å². The molecule has 1 heterocycles. The second-order valence-electron chi connectivity index (χ2n) is 2.84. The van der Waals surface area contributed by atoms with E-state index in [9.17, 15) is 23.2 Å². The molecule has 1 aromatic heterocycles. The molecule has 0 aliphatic rings. The Hall–Kier alpha value is -1.99. The molecule has 6 nitrogen and oxygen atoms in total. The van der Waals surface area contributed by atoms with E-state index >= 15 is 0 Å². The van der Waals surface area contributed by atoms with Crippen LogP contribution < -0.4 is 17.1 Å². The normalized spacial score (nSPS) is 10.4. The summed E-state index contributed by atoms with van der Waals surface area (Å²) < 4.78 is 25.6. The Bertz CT molecular complexity index is 527. The van der Waals surface area contributed by atoms with Crippen molar-refractivity contribution in [1.82, 2.24) is 13.7 Å². The molecule has 0 amide bonds. The Balaban J connectivity index is 3.77. The summed E-state index contributed by atoms with van der Waals surface area (Å²) in [7, 11) is 0. The van der Waals surface area contributed by atoms with Crippen LogP contribution in [-0.4, -0.2) is 13.7 Å². The van der Waals surface area contributed by atoms with Gasteiger partial charge in [0.15, 0.2) is 13.6 Å². The molecule has 0 aliphatic carbocycles. The van der Waals surface area contributed by atoms with Crippen molar-refractivity contribution in [2.45, 2.75) is 20.1 Å². The van der Waals surface area contributed by atoms with Gasteiger partial charge in [-0.15, -0.1) is 6.58 Å². The van der Waals surface area contributed by atoms with Gasteiger partial charge in [-0.1, -0.05) is 6.08 Å². The summed E-state index contributed by atoms with van der Waals surface area (Å²) >= 11 is 0. The van der Waals surface area contributed by atoms with Gasteiger partial charge in [0, 0.05) is 0 Å². The highest BCUT2D eigenvalue weighted by molar-refractivity contribution is 4.80. The minimum atomic E-state index is -1.42. The number of alkyl halides is 2. The van der Waals surface area contributed by atoms with Crippen LogP contribution in [0.4, 0.5) is 8.78 Å². The van der Waals surface area contributed by atoms with Crippen LogP contribution in [-0.2, 0) is 20.1 Å². The van der Waals surface area contributed by atoms with E-state index in [0.717, 1.165) is 0 Å². The minimum absolute atomic E-state index is 0.129. The highest BCUT2D eigenvalue weighted by Crippen LogP contribution is 1.78. The Morgan fingerprint density at radius 1 is 0.938 bits per heavy atom. The van der Waals surface area contributed by atoms with Gasteiger partial charge in [0.2, 0.25) is 0 Å². The zero-order valence-electron chi connectivity index (χ0n) is 8.23. The van der Waals surface area contributed by atoms with Gasteiger partial charge in [0.1, 0.15) is 0 Å². The van der Waals surface area contributed by atoms with Crippen LogP contribution in [0.3, 0.4) is 0 Å². The summed E-state index contributed by atoms with van der Waals surface area (Å²) in [6.07, 6.45) is 1.21. The molecule has 1 aromatic rings. The van der Waals surface area contributed by atoms with E-state index in [1.807, 2.05) is 0 Å². The van der Waals surface area contributed by atoms with Crippen LogP contribution in [0.1, 0.15) is 0 Å². The largest absolute Gasteiger partial charge is 0.340 e. The highest BCUT2D eigenvalue weighted by Gasteiger charge is 2.13. The fourth-order valence-electron chi connectivity index (χ4n) is 1.17. The van der Waals surface area contributed by atoms with E-state index in [2.05, 4.69) is 6.58 Å². The van der Waals surface area contributed by atoms with Crippen molar-refractivity contribution < 1.29 is 8.78 Å². The number of allylic oxidation sites excluding steroid dienone is 1. The SMILES string of the molecule is C=CCn1c(=O)n(CF)c(=O)n(CF)c1=O. The van der Waals surface area contributed by atoms with Gasteiger partial charge in [0.05, 0.1) is 6.54 Å². The molecule has 16 heavy (non-hydrogen) atoms. The Kier molecular flexibility index (Phi) is 3.54. The maximum Gasteiger partial charge on any atom is 0.340 e. The molecule has 8 heteroatoms. The number of rotatable bonds is 4. The zero-order chi connectivity index (χ0) is 12.3. The van der Waals surface area contributed by atoms with Crippen molar-refractivity contribution in [3.63, 3.8) is 0 Å². The van der Waals surface area contributed by atoms with Crippen LogP contribution >= 0.6 is 0 Å². The van der Waals surface area contributed by atoms with Gasteiger partial charge in [-0.2, -0.15) is 0 Å². The van der Waals surface area contributed by atoms with E-state index in [1.54, 1.807) is 0 Å². The molecule has 0 aliphatic heterocycles. The highest BCUT2D eigenvalue weighted by atomic mass is 19.1. The first-order valence-corrected chi connectivity index (χ1v) is 4.25. The summed E-state index contributed by atoms with van der Waals surface area (Å²) in [4.78, 5) is 34.0. The predicted molar refractivity (Wildman–Crippen MR) is 51.6 cm³/mol. The molecule has 0 unspecified atom stereocenters. The van der Waals surface area contributed by atoms with Gasteiger partial charge >= 0.3 is 17.1 Å². The van der Waals surface area contributed by atoms with Gasteiger partial charge in [-0.3, -0.25) is 0 Å². The fourth-order valence-corrected chi connectivity index (χ4v) is 1.17. The first-order valence-electron chi connectivity index (χ1n) is 4.25. The smallest absolute Gasteiger partial charge is 0.247 e. The third kappa shape index (κ3) is 1.73. The van der Waals surface area contributed by atoms with Crippen molar-refractivity contribution in [3.05, 3.63) is 44.1 Å². The first-order chi connectivity index (χ1) is 7.58. The van der Waals surface area contributed by atoms with E-state index in [1.165, 1.54) is 6.08 Å². The van der Waals surface area contributed by atoms with Gasteiger partial charge in [0.25, 0.3) is 0 Å². The molecule has 0 fully saturated rings. The van der Waals surface area contributed by atoms with Gasteiger partial charge in [-0.05, 0) is 0 Å². The molecule has 88 valence electrons. The van der Waals surface area contributed by atoms with E-state index in [-0.39, 0.29) is 15.7 Å². The van der Waals surface area contributed by atoms with Crippen LogP contribution in [0.25, 0.3) is 0 Å². The molecule has 0 saturated carbocycles. The number of nitrogens with zero attached hydrogens (tertiary/aromatic N) is 3. The summed E-state index contributed by atoms with van der Waals surface area (Å²) in [6.45, 7) is 0.222. The predicted octanol–water partition coefficient (Wildman–Crippen LogP) is -0.788. The monoisotopic (exact) mass is 233 g/mol. The average molecular weight is 233 g/mol. The minimum Gasteiger partial charge on any atom is -0.247 e. The molecule has 0 aromatic carbocycles. The Morgan fingerprint density at radius 3 is 1.62 bits per heavy atom. The standard InChI is InChI=1S/C8H9F2N3O3/c1-2-3-11-6(14)12(4-9)8(16)13(5-10)7(11)15/h2H,1,3-5H2. The van der Waals surface area contributed by atoms with E-state index in [4.69, 9.17) is 0 Å². The molecule has 0 radical (unpaired) electrons. The van der Waals surface area contributed by atoms with Gasteiger partial charge in [-0.25, -0.2) is 36.9 Å². The molecule has 1 rings (SSSR count). The van der Waals surface area contributed by atoms with Crippen LogP contribution in [0.2, 0.25) is 0 Å². The number of aromatic nitrogens is 3. The van der Waals surface area contributed by atoms with Gasteiger partial charge < -0.3 is 0 Å². The molecule has 0 spiro atoms. The second-order valence-corrected chi connectivity index (χ2v) is 2.84. The number of halogens is 2. The fraction of sp³-hybridized carbons (Fsp3) is 0.375. The topological polar surface area (TPSA) is 66.0 Å². The molecule has 0 N–H and O–H groups in total. The Morgan fingerprint density at radius 2 is 1.31 bits per heavy atom. The number of hydrogen-bond acceptors (Lipinski definition) is 3. The molecule has 0 bridgehead atoms. The second kappa shape index (κ2) is 4.69. The summed E-state index contributed by atoms with van der Waals surface area (Å²) in [5.41, 5.74) is -3.55. The first kappa shape index (κ1) is 12.1. The molecular weight excluding hydrogens is 224 g/mol. The quantitative estimate of drug-likeness (QED) is 0.640. The molecule has 0 saturated heterocycles. The average Bonchev–Trinajstić information content (AvgIpc) is 2.26. The third-order valence-electron chi connectivity index (χ3n) is 1.94. The molecule has 0 atom stereocenters. The van der Waals surface area contributed by atoms with Crippen LogP contribution in [0.5, 0.6) is 0 Å². The summed E-state index contributed by atoms with van der Waals surface area (Å²) in [6, 6.07) is 0. The van der Waals surface area contributed by atoms with Crippen molar-refractivity contribution in [2.24, 2.45) is 0 Å². The third-order valence-corrected chi connectivity index (χ3v) is 1.94.